The number of ketones is 1. The van der Waals surface area contributed by atoms with E-state index in [4.69, 9.17) is 18.3 Å². The maximum atomic E-state index is 13.4. The van der Waals surface area contributed by atoms with Gasteiger partial charge in [0.2, 0.25) is 0 Å². The molecule has 2 aliphatic rings. The summed E-state index contributed by atoms with van der Waals surface area (Å²) in [5.41, 5.74) is 1.18. The molecular formula is C31H38Cl2N2O5. The van der Waals surface area contributed by atoms with E-state index in [0.29, 0.717) is 35.9 Å². The minimum atomic E-state index is -0.295. The van der Waals surface area contributed by atoms with Crippen molar-refractivity contribution in [3.8, 4) is 11.5 Å². The predicted molar refractivity (Wildman–Crippen MR) is 162 cm³/mol. The molecule has 0 amide bonds. The van der Waals surface area contributed by atoms with E-state index in [9.17, 15) is 4.79 Å². The first kappa shape index (κ1) is 30.3. The number of likely N-dealkylation sites (tertiary alicyclic amines) is 2. The average molecular weight is 590 g/mol. The highest BCUT2D eigenvalue weighted by Gasteiger charge is 2.22. The summed E-state index contributed by atoms with van der Waals surface area (Å²) in [7, 11) is 0. The van der Waals surface area contributed by atoms with Crippen molar-refractivity contribution in [2.45, 2.75) is 38.5 Å². The Hall–Kier alpha value is -2.71. The first-order valence-corrected chi connectivity index (χ1v) is 14.0. The van der Waals surface area contributed by atoms with Crippen molar-refractivity contribution in [1.29, 1.82) is 0 Å². The first-order valence-electron chi connectivity index (χ1n) is 14.0. The van der Waals surface area contributed by atoms with Gasteiger partial charge in [-0.3, -0.25) is 14.6 Å². The topological polar surface area (TPSA) is 68.3 Å². The molecule has 0 aliphatic carbocycles. The van der Waals surface area contributed by atoms with Crippen molar-refractivity contribution < 1.29 is 23.1 Å². The van der Waals surface area contributed by atoms with Crippen LogP contribution in [-0.4, -0.2) is 68.1 Å². The number of halogens is 2. The molecule has 0 atom stereocenters. The zero-order chi connectivity index (χ0) is 25.7. The lowest BCUT2D eigenvalue weighted by Gasteiger charge is -2.26. The van der Waals surface area contributed by atoms with Crippen LogP contribution in [0.5, 0.6) is 11.5 Å². The summed E-state index contributed by atoms with van der Waals surface area (Å²) in [5, 5.41) is 1.67. The Labute approximate surface area is 247 Å². The number of furan rings is 2. The molecule has 0 N–H and O–H groups in total. The third-order valence-electron chi connectivity index (χ3n) is 7.69. The molecular weight excluding hydrogens is 551 g/mol. The predicted octanol–water partition coefficient (Wildman–Crippen LogP) is 6.98. The molecule has 40 heavy (non-hydrogen) atoms. The smallest absolute Gasteiger partial charge is 0.263 e. The van der Waals surface area contributed by atoms with Crippen LogP contribution in [-0.2, 0) is 0 Å². The fraction of sp³-hybridized carbons (Fsp3) is 0.452. The molecule has 2 fully saturated rings. The van der Waals surface area contributed by atoms with E-state index in [0.717, 1.165) is 50.0 Å². The Morgan fingerprint density at radius 2 is 1.07 bits per heavy atom. The molecule has 0 spiro atoms. The summed E-state index contributed by atoms with van der Waals surface area (Å²) in [6, 6.07) is 15.0. The molecule has 0 saturated carbocycles. The van der Waals surface area contributed by atoms with E-state index < -0.39 is 0 Å². The van der Waals surface area contributed by atoms with Gasteiger partial charge in [0.15, 0.2) is 34.2 Å². The van der Waals surface area contributed by atoms with Crippen molar-refractivity contribution in [2.24, 2.45) is 0 Å². The number of para-hydroxylation sites is 2. The number of carbonyl (C=O) groups is 1. The third-order valence-corrected chi connectivity index (χ3v) is 7.69. The Kier molecular flexibility index (Phi) is 10.8. The standard InChI is InChI=1S/C31H36N2O5.2ClH/c34-29(27-21-23-9-7-11-25(30(23)37-27)35-19-17-32-13-3-1-4-14-32)28-22-24-10-8-12-26(31(24)38-28)36-20-18-33-15-5-2-6-16-33;;/h7-12,21-22H,1-6,13-20H2;2*1H. The molecule has 4 heterocycles. The summed E-state index contributed by atoms with van der Waals surface area (Å²) in [5.74, 6) is 1.49. The van der Waals surface area contributed by atoms with Crippen LogP contribution in [0.2, 0.25) is 0 Å². The number of rotatable bonds is 10. The lowest BCUT2D eigenvalue weighted by molar-refractivity contribution is 0.0987. The van der Waals surface area contributed by atoms with E-state index in [1.807, 2.05) is 36.4 Å². The van der Waals surface area contributed by atoms with Gasteiger partial charge in [0.05, 0.1) is 0 Å². The average Bonchev–Trinajstić information content (AvgIpc) is 3.60. The second kappa shape index (κ2) is 14.3. The Morgan fingerprint density at radius 3 is 1.50 bits per heavy atom. The molecule has 0 unspecified atom stereocenters. The molecule has 2 aromatic heterocycles. The minimum absolute atomic E-state index is 0. The van der Waals surface area contributed by atoms with Crippen LogP contribution in [0.15, 0.2) is 57.4 Å². The fourth-order valence-electron chi connectivity index (χ4n) is 5.58. The largest absolute Gasteiger partial charge is 0.488 e. The maximum absolute atomic E-state index is 13.4. The Morgan fingerprint density at radius 1 is 0.650 bits per heavy atom. The number of hydrogen-bond donors (Lipinski definition) is 0. The number of benzene rings is 2. The van der Waals surface area contributed by atoms with E-state index in [1.165, 1.54) is 38.5 Å². The second-order valence-electron chi connectivity index (χ2n) is 10.4. The molecule has 2 saturated heterocycles. The molecule has 4 aromatic rings. The summed E-state index contributed by atoms with van der Waals surface area (Å²) in [4.78, 5) is 18.2. The zero-order valence-corrected chi connectivity index (χ0v) is 24.4. The highest BCUT2D eigenvalue weighted by Crippen LogP contribution is 2.33. The van der Waals surface area contributed by atoms with E-state index in [1.54, 1.807) is 12.1 Å². The van der Waals surface area contributed by atoms with Gasteiger partial charge in [0.1, 0.15) is 13.2 Å². The van der Waals surface area contributed by atoms with Crippen LogP contribution < -0.4 is 9.47 Å². The van der Waals surface area contributed by atoms with E-state index in [-0.39, 0.29) is 42.1 Å². The summed E-state index contributed by atoms with van der Waals surface area (Å²) in [6.07, 6.45) is 7.66. The number of nitrogens with zero attached hydrogens (tertiary/aromatic N) is 2. The third kappa shape index (κ3) is 6.95. The molecule has 0 radical (unpaired) electrons. The van der Waals surface area contributed by atoms with Gasteiger partial charge in [0, 0.05) is 23.9 Å². The number of carbonyl (C=O) groups excluding carboxylic acids is 1. The lowest BCUT2D eigenvalue weighted by Crippen LogP contribution is -2.33. The minimum Gasteiger partial charge on any atom is -0.488 e. The number of piperidine rings is 2. The normalized spacial score (nSPS) is 16.4. The lowest BCUT2D eigenvalue weighted by atomic mass is 10.1. The molecule has 7 nitrogen and oxygen atoms in total. The van der Waals surface area contributed by atoms with Gasteiger partial charge in [-0.05, 0) is 76.1 Å². The van der Waals surface area contributed by atoms with Crippen LogP contribution in [0.4, 0.5) is 0 Å². The zero-order valence-electron chi connectivity index (χ0n) is 22.8. The van der Waals surface area contributed by atoms with Crippen LogP contribution in [0, 0.1) is 0 Å². The van der Waals surface area contributed by atoms with Crippen LogP contribution in [0.3, 0.4) is 0 Å². The van der Waals surface area contributed by atoms with E-state index >= 15 is 0 Å². The van der Waals surface area contributed by atoms with Crippen LogP contribution in [0.25, 0.3) is 21.9 Å². The molecule has 6 rings (SSSR count). The van der Waals surface area contributed by atoms with Gasteiger partial charge in [-0.2, -0.15) is 0 Å². The summed E-state index contributed by atoms with van der Waals surface area (Å²) < 4.78 is 24.2. The van der Waals surface area contributed by atoms with Gasteiger partial charge >= 0.3 is 0 Å². The highest BCUT2D eigenvalue weighted by atomic mass is 35.5. The Bertz CT molecular complexity index is 1290. The Balaban J connectivity index is 0.00000185. The number of ether oxygens (including phenoxy) is 2. The molecule has 0 bridgehead atoms. The summed E-state index contributed by atoms with van der Waals surface area (Å²) in [6.45, 7) is 7.51. The molecule has 216 valence electrons. The highest BCUT2D eigenvalue weighted by molar-refractivity contribution is 6.09. The van der Waals surface area contributed by atoms with E-state index in [2.05, 4.69) is 9.80 Å². The quantitative estimate of drug-likeness (QED) is 0.185. The molecule has 2 aliphatic heterocycles. The van der Waals surface area contributed by atoms with Gasteiger partial charge in [-0.15, -0.1) is 24.8 Å². The van der Waals surface area contributed by atoms with Crippen molar-refractivity contribution >= 4 is 52.5 Å². The fourth-order valence-corrected chi connectivity index (χ4v) is 5.58. The van der Waals surface area contributed by atoms with Crippen molar-refractivity contribution in [3.05, 3.63) is 60.1 Å². The molecule has 2 aromatic carbocycles. The van der Waals surface area contributed by atoms with Gasteiger partial charge in [-0.1, -0.05) is 37.1 Å². The van der Waals surface area contributed by atoms with Crippen LogP contribution in [0.1, 0.15) is 54.8 Å². The van der Waals surface area contributed by atoms with Gasteiger partial charge in [-0.25, -0.2) is 0 Å². The first-order chi connectivity index (χ1) is 18.7. The van der Waals surface area contributed by atoms with Crippen molar-refractivity contribution in [1.82, 2.24) is 9.80 Å². The SMILES string of the molecule is Cl.Cl.O=C(c1cc2cccc(OCCN3CCCCC3)c2o1)c1cc2cccc(OCCN3CCCCC3)c2o1. The van der Waals surface area contributed by atoms with Crippen molar-refractivity contribution in [2.75, 3.05) is 52.5 Å². The van der Waals surface area contributed by atoms with Crippen LogP contribution >= 0.6 is 24.8 Å². The maximum Gasteiger partial charge on any atom is 0.263 e. The van der Waals surface area contributed by atoms with Gasteiger partial charge < -0.3 is 18.3 Å². The number of fused-ring (bicyclic) bond motifs is 2. The summed E-state index contributed by atoms with van der Waals surface area (Å²) >= 11 is 0. The number of hydrogen-bond acceptors (Lipinski definition) is 7. The second-order valence-corrected chi connectivity index (χ2v) is 10.4. The van der Waals surface area contributed by atoms with Gasteiger partial charge in [0.25, 0.3) is 5.78 Å². The van der Waals surface area contributed by atoms with Crippen molar-refractivity contribution in [3.63, 3.8) is 0 Å². The monoisotopic (exact) mass is 588 g/mol. The molecule has 9 heteroatoms.